The third-order valence-electron chi connectivity index (χ3n) is 4.61. The number of hydrogen-bond donors (Lipinski definition) is 1. The highest BCUT2D eigenvalue weighted by Gasteiger charge is 2.52. The van der Waals surface area contributed by atoms with Crippen LogP contribution in [0.2, 0.25) is 0 Å². The van der Waals surface area contributed by atoms with Crippen molar-refractivity contribution in [3.05, 3.63) is 71.9 Å². The third kappa shape index (κ3) is 3.45. The van der Waals surface area contributed by atoms with E-state index in [1.54, 1.807) is 20.0 Å². The number of para-hydroxylation sites is 1. The van der Waals surface area contributed by atoms with Crippen LogP contribution in [0.15, 0.2) is 60.8 Å². The summed E-state index contributed by atoms with van der Waals surface area (Å²) in [5.41, 5.74) is 0.689. The van der Waals surface area contributed by atoms with Crippen molar-refractivity contribution in [3.8, 4) is 0 Å². The van der Waals surface area contributed by atoms with Crippen LogP contribution in [-0.2, 0) is 30.9 Å². The molecule has 0 saturated heterocycles. The van der Waals surface area contributed by atoms with Crippen LogP contribution in [0.3, 0.4) is 0 Å². The Morgan fingerprint density at radius 2 is 1.48 bits per heavy atom. The van der Waals surface area contributed by atoms with E-state index in [1.165, 1.54) is 0 Å². The first-order valence-electron chi connectivity index (χ1n) is 9.08. The minimum absolute atomic E-state index is 0.160. The quantitative estimate of drug-likeness (QED) is 0.511. The molecule has 3 aromatic rings. The number of aromatic amines is 1. The molecule has 0 spiro atoms. The first-order chi connectivity index (χ1) is 13.1. The van der Waals surface area contributed by atoms with E-state index in [0.29, 0.717) is 5.56 Å². The number of aromatic nitrogens is 1. The Labute approximate surface area is 158 Å². The Balaban J connectivity index is 2.24. The molecule has 2 aromatic carbocycles. The van der Waals surface area contributed by atoms with Crippen LogP contribution in [0.25, 0.3) is 10.9 Å². The molecule has 0 bridgehead atoms. The number of hydrogen-bond acceptors (Lipinski definition) is 4. The van der Waals surface area contributed by atoms with Crippen LogP contribution >= 0.6 is 0 Å². The molecule has 0 aliphatic carbocycles. The summed E-state index contributed by atoms with van der Waals surface area (Å²) < 4.78 is 10.7. The van der Waals surface area contributed by atoms with Gasteiger partial charge in [-0.25, -0.2) is 0 Å². The van der Waals surface area contributed by atoms with Crippen LogP contribution in [0, 0.1) is 0 Å². The molecular formula is C22H23NO4. The summed E-state index contributed by atoms with van der Waals surface area (Å²) in [4.78, 5) is 29.5. The minimum Gasteiger partial charge on any atom is -0.465 e. The maximum atomic E-state index is 13.2. The molecule has 1 N–H and O–H groups in total. The highest BCUT2D eigenvalue weighted by atomic mass is 16.6. The van der Waals surface area contributed by atoms with Gasteiger partial charge in [0, 0.05) is 29.1 Å². The van der Waals surface area contributed by atoms with Gasteiger partial charge in [0.1, 0.15) is 0 Å². The summed E-state index contributed by atoms with van der Waals surface area (Å²) in [6.07, 6.45) is 1.87. The van der Waals surface area contributed by atoms with Gasteiger partial charge in [-0.2, -0.15) is 0 Å². The van der Waals surface area contributed by atoms with Gasteiger partial charge in [-0.15, -0.1) is 0 Å². The van der Waals surface area contributed by atoms with Crippen LogP contribution in [0.5, 0.6) is 0 Å². The first-order valence-corrected chi connectivity index (χ1v) is 9.08. The molecule has 0 radical (unpaired) electrons. The fourth-order valence-corrected chi connectivity index (χ4v) is 3.38. The molecule has 0 unspecified atom stereocenters. The van der Waals surface area contributed by atoms with Crippen molar-refractivity contribution in [3.63, 3.8) is 0 Å². The number of H-pyrrole nitrogens is 1. The average molecular weight is 365 g/mol. The number of ether oxygens (including phenoxy) is 2. The van der Waals surface area contributed by atoms with Gasteiger partial charge >= 0.3 is 11.9 Å². The zero-order valence-corrected chi connectivity index (χ0v) is 15.5. The lowest BCUT2D eigenvalue weighted by molar-refractivity contribution is -0.164. The molecule has 5 nitrogen and oxygen atoms in total. The van der Waals surface area contributed by atoms with Gasteiger partial charge in [0.15, 0.2) is 5.41 Å². The minimum atomic E-state index is -1.58. The number of nitrogens with one attached hydrogen (secondary N) is 1. The van der Waals surface area contributed by atoms with Gasteiger partial charge in [0.25, 0.3) is 0 Å². The van der Waals surface area contributed by atoms with Crippen molar-refractivity contribution in [2.75, 3.05) is 13.2 Å². The summed E-state index contributed by atoms with van der Waals surface area (Å²) >= 11 is 0. The Morgan fingerprint density at radius 3 is 2.11 bits per heavy atom. The second-order valence-corrected chi connectivity index (χ2v) is 6.26. The predicted molar refractivity (Wildman–Crippen MR) is 103 cm³/mol. The molecule has 0 saturated carbocycles. The Kier molecular flexibility index (Phi) is 5.60. The van der Waals surface area contributed by atoms with Crippen LogP contribution in [0.4, 0.5) is 0 Å². The fraction of sp³-hybridized carbons (Fsp3) is 0.273. The maximum absolute atomic E-state index is 13.2. The highest BCUT2D eigenvalue weighted by Crippen LogP contribution is 2.36. The van der Waals surface area contributed by atoms with E-state index >= 15 is 0 Å². The molecular weight excluding hydrogens is 342 g/mol. The van der Waals surface area contributed by atoms with E-state index in [4.69, 9.17) is 9.47 Å². The van der Waals surface area contributed by atoms with Gasteiger partial charge in [-0.3, -0.25) is 9.59 Å². The van der Waals surface area contributed by atoms with Crippen molar-refractivity contribution >= 4 is 22.8 Å². The summed E-state index contributed by atoms with van der Waals surface area (Å²) in [6, 6.07) is 17.0. The summed E-state index contributed by atoms with van der Waals surface area (Å²) in [5.74, 6) is -1.20. The molecule has 27 heavy (non-hydrogen) atoms. The van der Waals surface area contributed by atoms with Gasteiger partial charge < -0.3 is 14.5 Å². The van der Waals surface area contributed by atoms with Crippen LogP contribution in [-0.4, -0.2) is 30.1 Å². The van der Waals surface area contributed by atoms with E-state index in [-0.39, 0.29) is 19.6 Å². The summed E-state index contributed by atoms with van der Waals surface area (Å²) in [5, 5.41) is 0.800. The lowest BCUT2D eigenvalue weighted by Crippen LogP contribution is -2.48. The van der Waals surface area contributed by atoms with Gasteiger partial charge in [0.2, 0.25) is 0 Å². The zero-order valence-electron chi connectivity index (χ0n) is 15.5. The molecule has 3 rings (SSSR count). The predicted octanol–water partition coefficient (Wildman–Crippen LogP) is 3.77. The van der Waals surface area contributed by atoms with Crippen molar-refractivity contribution in [2.24, 2.45) is 0 Å². The highest BCUT2D eigenvalue weighted by molar-refractivity contribution is 6.10. The third-order valence-corrected chi connectivity index (χ3v) is 4.61. The molecule has 140 valence electrons. The van der Waals surface area contributed by atoms with E-state index in [0.717, 1.165) is 16.5 Å². The molecule has 0 amide bonds. The monoisotopic (exact) mass is 365 g/mol. The standard InChI is InChI=1S/C22H23NO4/c1-3-26-20(24)22(21(25)27-4-2,14-16-10-6-5-7-11-16)18-15-23-19-13-9-8-12-17(18)19/h5-13,15,23H,3-4,14H2,1-2H3. The normalized spacial score (nSPS) is 11.3. The number of rotatable bonds is 7. The van der Waals surface area contributed by atoms with Gasteiger partial charge in [-0.05, 0) is 25.5 Å². The first kappa shape index (κ1) is 18.7. The van der Waals surface area contributed by atoms with Gasteiger partial charge in [0.05, 0.1) is 13.2 Å². The number of benzene rings is 2. The van der Waals surface area contributed by atoms with Crippen molar-refractivity contribution in [2.45, 2.75) is 25.7 Å². The van der Waals surface area contributed by atoms with E-state index in [9.17, 15) is 9.59 Å². The molecule has 1 aromatic heterocycles. The summed E-state index contributed by atoms with van der Waals surface area (Å²) in [6.45, 7) is 3.81. The summed E-state index contributed by atoms with van der Waals surface area (Å²) in [7, 11) is 0. The Bertz CT molecular complexity index is 912. The van der Waals surface area contributed by atoms with E-state index in [1.807, 2.05) is 54.6 Å². The van der Waals surface area contributed by atoms with Crippen LogP contribution < -0.4 is 0 Å². The molecule has 0 aliphatic rings. The second kappa shape index (κ2) is 8.08. The Hall–Kier alpha value is -3.08. The maximum Gasteiger partial charge on any atom is 0.328 e. The number of carbonyl (C=O) groups excluding carboxylic acids is 2. The zero-order chi connectivity index (χ0) is 19.3. The largest absolute Gasteiger partial charge is 0.465 e. The Morgan fingerprint density at radius 1 is 0.889 bits per heavy atom. The SMILES string of the molecule is CCOC(=O)C(Cc1ccccc1)(C(=O)OCC)c1c[nH]c2ccccc12. The van der Waals surface area contributed by atoms with E-state index in [2.05, 4.69) is 4.98 Å². The molecule has 1 heterocycles. The molecule has 0 fully saturated rings. The second-order valence-electron chi connectivity index (χ2n) is 6.26. The van der Waals surface area contributed by atoms with Crippen molar-refractivity contribution < 1.29 is 19.1 Å². The fourth-order valence-electron chi connectivity index (χ4n) is 3.38. The lowest BCUT2D eigenvalue weighted by atomic mass is 9.75. The molecule has 0 aliphatic heterocycles. The van der Waals surface area contributed by atoms with Crippen LogP contribution in [0.1, 0.15) is 25.0 Å². The number of fused-ring (bicyclic) bond motifs is 1. The lowest BCUT2D eigenvalue weighted by Gasteiger charge is -2.29. The molecule has 0 atom stereocenters. The number of carbonyl (C=O) groups is 2. The van der Waals surface area contributed by atoms with E-state index < -0.39 is 17.4 Å². The average Bonchev–Trinajstić information content (AvgIpc) is 3.11. The smallest absolute Gasteiger partial charge is 0.328 e. The topological polar surface area (TPSA) is 68.4 Å². The van der Waals surface area contributed by atoms with Crippen molar-refractivity contribution in [1.29, 1.82) is 0 Å². The number of esters is 2. The molecule has 5 heteroatoms. The van der Waals surface area contributed by atoms with Crippen molar-refractivity contribution in [1.82, 2.24) is 4.98 Å². The van der Waals surface area contributed by atoms with Gasteiger partial charge in [-0.1, -0.05) is 48.5 Å².